The van der Waals surface area contributed by atoms with Crippen LogP contribution in [0.5, 0.6) is 0 Å². The standard InChI is InChI=1S/C15H29N3/c1-14(2)18-11-5-7-15(18)6-3-4-10-17-12-8-16-9-13-17/h3-4,14-16H,5-13H2,1-2H3/b4-3-. The van der Waals surface area contributed by atoms with E-state index in [4.69, 9.17) is 0 Å². The molecule has 104 valence electrons. The van der Waals surface area contributed by atoms with Crippen LogP contribution in [0.15, 0.2) is 12.2 Å². The zero-order valence-electron chi connectivity index (χ0n) is 12.1. The predicted molar refractivity (Wildman–Crippen MR) is 77.9 cm³/mol. The molecule has 2 aliphatic heterocycles. The van der Waals surface area contributed by atoms with Gasteiger partial charge in [-0.3, -0.25) is 9.80 Å². The topological polar surface area (TPSA) is 18.5 Å². The van der Waals surface area contributed by atoms with E-state index in [2.05, 4.69) is 41.1 Å². The van der Waals surface area contributed by atoms with Crippen LogP contribution < -0.4 is 5.32 Å². The van der Waals surface area contributed by atoms with Crippen molar-refractivity contribution in [3.63, 3.8) is 0 Å². The Kier molecular flexibility index (Phi) is 5.67. The zero-order valence-corrected chi connectivity index (χ0v) is 12.1. The molecule has 0 spiro atoms. The normalized spacial score (nSPS) is 27.6. The highest BCUT2D eigenvalue weighted by Gasteiger charge is 2.24. The van der Waals surface area contributed by atoms with Crippen molar-refractivity contribution < 1.29 is 0 Å². The second-order valence-corrected chi connectivity index (χ2v) is 5.89. The number of nitrogens with zero attached hydrogens (tertiary/aromatic N) is 2. The van der Waals surface area contributed by atoms with Gasteiger partial charge < -0.3 is 5.32 Å². The number of likely N-dealkylation sites (tertiary alicyclic amines) is 1. The fourth-order valence-corrected chi connectivity index (χ4v) is 3.16. The van der Waals surface area contributed by atoms with Crippen molar-refractivity contribution in [2.24, 2.45) is 0 Å². The Labute approximate surface area is 112 Å². The molecular formula is C15H29N3. The minimum absolute atomic E-state index is 0.707. The van der Waals surface area contributed by atoms with Crippen LogP contribution in [0.1, 0.15) is 33.1 Å². The average molecular weight is 251 g/mol. The van der Waals surface area contributed by atoms with Crippen LogP contribution in [0.4, 0.5) is 0 Å². The third-order valence-corrected chi connectivity index (χ3v) is 4.23. The molecule has 3 nitrogen and oxygen atoms in total. The Bertz CT molecular complexity index is 256. The van der Waals surface area contributed by atoms with E-state index in [0.29, 0.717) is 6.04 Å². The third-order valence-electron chi connectivity index (χ3n) is 4.23. The third kappa shape index (κ3) is 4.08. The van der Waals surface area contributed by atoms with Gasteiger partial charge in [0.25, 0.3) is 0 Å². The van der Waals surface area contributed by atoms with E-state index in [1.807, 2.05) is 0 Å². The Balaban J connectivity index is 1.67. The van der Waals surface area contributed by atoms with E-state index >= 15 is 0 Å². The summed E-state index contributed by atoms with van der Waals surface area (Å²) in [4.78, 5) is 5.19. The number of hydrogen-bond donors (Lipinski definition) is 1. The van der Waals surface area contributed by atoms with Gasteiger partial charge >= 0.3 is 0 Å². The molecule has 1 unspecified atom stereocenters. The molecule has 0 amide bonds. The van der Waals surface area contributed by atoms with Crippen LogP contribution in [-0.2, 0) is 0 Å². The molecule has 2 rings (SSSR count). The van der Waals surface area contributed by atoms with Gasteiger partial charge in [-0.25, -0.2) is 0 Å². The zero-order chi connectivity index (χ0) is 12.8. The minimum atomic E-state index is 0.707. The highest BCUT2D eigenvalue weighted by atomic mass is 15.2. The fourth-order valence-electron chi connectivity index (χ4n) is 3.16. The van der Waals surface area contributed by atoms with Gasteiger partial charge in [0.05, 0.1) is 0 Å². The predicted octanol–water partition coefficient (Wildman–Crippen LogP) is 1.71. The largest absolute Gasteiger partial charge is 0.314 e. The molecule has 1 atom stereocenters. The van der Waals surface area contributed by atoms with Crippen LogP contribution in [0, 0.1) is 0 Å². The van der Waals surface area contributed by atoms with Gasteiger partial charge in [-0.1, -0.05) is 12.2 Å². The Morgan fingerprint density at radius 3 is 2.67 bits per heavy atom. The molecule has 0 aromatic carbocycles. The minimum Gasteiger partial charge on any atom is -0.314 e. The molecule has 2 saturated heterocycles. The van der Waals surface area contributed by atoms with E-state index in [1.165, 1.54) is 38.9 Å². The van der Waals surface area contributed by atoms with Gasteiger partial charge in [-0.05, 0) is 39.7 Å². The Hall–Kier alpha value is -0.380. The number of hydrogen-bond acceptors (Lipinski definition) is 3. The smallest absolute Gasteiger partial charge is 0.0164 e. The molecule has 0 aliphatic carbocycles. The summed E-state index contributed by atoms with van der Waals surface area (Å²) in [5.41, 5.74) is 0. The monoisotopic (exact) mass is 251 g/mol. The first-order valence-electron chi connectivity index (χ1n) is 7.61. The summed E-state index contributed by atoms with van der Waals surface area (Å²) in [5, 5.41) is 3.40. The van der Waals surface area contributed by atoms with E-state index in [1.54, 1.807) is 0 Å². The molecule has 2 heterocycles. The molecule has 0 aromatic heterocycles. The summed E-state index contributed by atoms with van der Waals surface area (Å²) in [5.74, 6) is 0. The SMILES string of the molecule is CC(C)N1CCCC1C/C=C\CN1CCNCC1. The van der Waals surface area contributed by atoms with Crippen molar-refractivity contribution in [1.82, 2.24) is 15.1 Å². The lowest BCUT2D eigenvalue weighted by Crippen LogP contribution is -2.43. The molecule has 2 fully saturated rings. The van der Waals surface area contributed by atoms with Crippen molar-refractivity contribution in [2.45, 2.75) is 45.2 Å². The fraction of sp³-hybridized carbons (Fsp3) is 0.867. The van der Waals surface area contributed by atoms with Crippen LogP contribution >= 0.6 is 0 Å². The lowest BCUT2D eigenvalue weighted by molar-refractivity contribution is 0.204. The van der Waals surface area contributed by atoms with Crippen molar-refractivity contribution in [1.29, 1.82) is 0 Å². The first-order valence-corrected chi connectivity index (χ1v) is 7.61. The van der Waals surface area contributed by atoms with E-state index < -0.39 is 0 Å². The second-order valence-electron chi connectivity index (χ2n) is 5.89. The highest BCUT2D eigenvalue weighted by Crippen LogP contribution is 2.22. The molecule has 0 aromatic rings. The molecule has 0 bridgehead atoms. The van der Waals surface area contributed by atoms with E-state index in [9.17, 15) is 0 Å². The maximum Gasteiger partial charge on any atom is 0.0164 e. The maximum absolute atomic E-state index is 3.40. The van der Waals surface area contributed by atoms with Crippen molar-refractivity contribution in [3.8, 4) is 0 Å². The summed E-state index contributed by atoms with van der Waals surface area (Å²) in [6.07, 6.45) is 8.80. The van der Waals surface area contributed by atoms with Crippen LogP contribution in [0.2, 0.25) is 0 Å². The molecule has 2 aliphatic rings. The highest BCUT2D eigenvalue weighted by molar-refractivity contribution is 4.92. The molecule has 3 heteroatoms. The van der Waals surface area contributed by atoms with Crippen LogP contribution in [0.3, 0.4) is 0 Å². The number of piperazine rings is 1. The molecule has 18 heavy (non-hydrogen) atoms. The van der Waals surface area contributed by atoms with Crippen molar-refractivity contribution >= 4 is 0 Å². The van der Waals surface area contributed by atoms with Gasteiger partial charge in [0, 0.05) is 44.8 Å². The summed E-state index contributed by atoms with van der Waals surface area (Å²) in [7, 11) is 0. The first-order chi connectivity index (χ1) is 8.77. The summed E-state index contributed by atoms with van der Waals surface area (Å²) < 4.78 is 0. The molecular weight excluding hydrogens is 222 g/mol. The van der Waals surface area contributed by atoms with E-state index in [0.717, 1.165) is 25.7 Å². The number of nitrogens with one attached hydrogen (secondary N) is 1. The van der Waals surface area contributed by atoms with Gasteiger partial charge in [-0.15, -0.1) is 0 Å². The van der Waals surface area contributed by atoms with Crippen molar-refractivity contribution in [3.05, 3.63) is 12.2 Å². The van der Waals surface area contributed by atoms with Gasteiger partial charge in [0.1, 0.15) is 0 Å². The molecule has 1 N–H and O–H groups in total. The maximum atomic E-state index is 3.40. The summed E-state index contributed by atoms with van der Waals surface area (Å²) >= 11 is 0. The van der Waals surface area contributed by atoms with Crippen molar-refractivity contribution in [2.75, 3.05) is 39.3 Å². The lowest BCUT2D eigenvalue weighted by Gasteiger charge is -2.28. The van der Waals surface area contributed by atoms with Gasteiger partial charge in [0.15, 0.2) is 0 Å². The molecule has 0 saturated carbocycles. The second kappa shape index (κ2) is 7.27. The van der Waals surface area contributed by atoms with E-state index in [-0.39, 0.29) is 0 Å². The lowest BCUT2D eigenvalue weighted by atomic mass is 10.1. The van der Waals surface area contributed by atoms with Crippen LogP contribution in [-0.4, -0.2) is 61.2 Å². The Morgan fingerprint density at radius 2 is 1.94 bits per heavy atom. The summed E-state index contributed by atoms with van der Waals surface area (Å²) in [6, 6.07) is 1.50. The summed E-state index contributed by atoms with van der Waals surface area (Å²) in [6.45, 7) is 11.8. The van der Waals surface area contributed by atoms with Gasteiger partial charge in [0.2, 0.25) is 0 Å². The number of rotatable bonds is 5. The van der Waals surface area contributed by atoms with Crippen LogP contribution in [0.25, 0.3) is 0 Å². The quantitative estimate of drug-likeness (QED) is 0.751. The molecule has 0 radical (unpaired) electrons. The Morgan fingerprint density at radius 1 is 1.17 bits per heavy atom. The first kappa shape index (κ1) is 14.0. The average Bonchev–Trinajstić information content (AvgIpc) is 2.84. The van der Waals surface area contributed by atoms with Gasteiger partial charge in [-0.2, -0.15) is 0 Å².